The van der Waals surface area contributed by atoms with Gasteiger partial charge >= 0.3 is 0 Å². The molecule has 0 aliphatic carbocycles. The molecule has 0 bridgehead atoms. The van der Waals surface area contributed by atoms with E-state index in [1.165, 1.54) is 12.1 Å². The molecule has 6 nitrogen and oxygen atoms in total. The van der Waals surface area contributed by atoms with Crippen molar-refractivity contribution < 1.29 is 14.0 Å². The van der Waals surface area contributed by atoms with Crippen LogP contribution in [0.15, 0.2) is 30.5 Å². The summed E-state index contributed by atoms with van der Waals surface area (Å²) in [5.41, 5.74) is 2.35. The van der Waals surface area contributed by atoms with Gasteiger partial charge in [-0.25, -0.2) is 14.4 Å². The largest absolute Gasteiger partial charge is 0.338 e. The highest BCUT2D eigenvalue weighted by Gasteiger charge is 2.31. The second kappa shape index (κ2) is 7.06. The molecule has 7 heteroatoms. The topological polar surface area (TPSA) is 66.4 Å². The highest BCUT2D eigenvalue weighted by molar-refractivity contribution is 5.94. The van der Waals surface area contributed by atoms with Crippen LogP contribution in [-0.4, -0.2) is 51.2 Å². The minimum absolute atomic E-state index is 0.0621. The molecular formula is C20H21FN4O2. The second-order valence-corrected chi connectivity index (χ2v) is 7.14. The summed E-state index contributed by atoms with van der Waals surface area (Å²) in [7, 11) is 0. The van der Waals surface area contributed by atoms with E-state index in [1.807, 2.05) is 6.20 Å². The van der Waals surface area contributed by atoms with Gasteiger partial charge in [-0.3, -0.25) is 9.59 Å². The number of hydrogen-bond acceptors (Lipinski definition) is 4. The highest BCUT2D eigenvalue weighted by Crippen LogP contribution is 2.27. The Morgan fingerprint density at radius 1 is 1.22 bits per heavy atom. The first-order chi connectivity index (χ1) is 13.0. The van der Waals surface area contributed by atoms with Crippen molar-refractivity contribution in [2.75, 3.05) is 19.6 Å². The third kappa shape index (κ3) is 3.54. The van der Waals surface area contributed by atoms with Crippen LogP contribution in [0.4, 0.5) is 4.39 Å². The zero-order chi connectivity index (χ0) is 19.0. The Hall–Kier alpha value is -2.83. The fourth-order valence-electron chi connectivity index (χ4n) is 3.76. The van der Waals surface area contributed by atoms with E-state index in [-0.39, 0.29) is 17.7 Å². The van der Waals surface area contributed by atoms with Crippen molar-refractivity contribution in [2.45, 2.75) is 32.2 Å². The zero-order valence-corrected chi connectivity index (χ0v) is 15.2. The van der Waals surface area contributed by atoms with E-state index in [0.717, 1.165) is 29.9 Å². The summed E-state index contributed by atoms with van der Waals surface area (Å²) in [6.45, 7) is 3.95. The van der Waals surface area contributed by atoms with Crippen molar-refractivity contribution >= 4 is 11.8 Å². The predicted molar refractivity (Wildman–Crippen MR) is 96.5 cm³/mol. The number of halogens is 1. The van der Waals surface area contributed by atoms with Gasteiger partial charge in [0.15, 0.2) is 0 Å². The number of rotatable bonds is 2. The van der Waals surface area contributed by atoms with Crippen molar-refractivity contribution in [3.05, 3.63) is 58.9 Å². The molecule has 1 atom stereocenters. The number of hydrogen-bond donors (Lipinski definition) is 0. The van der Waals surface area contributed by atoms with Gasteiger partial charge in [-0.05, 0) is 24.6 Å². The predicted octanol–water partition coefficient (Wildman–Crippen LogP) is 2.15. The number of likely N-dealkylation sites (tertiary alicyclic amines) is 1. The van der Waals surface area contributed by atoms with E-state index in [2.05, 4.69) is 4.98 Å². The first kappa shape index (κ1) is 17.6. The van der Waals surface area contributed by atoms with Crippen LogP contribution in [0.1, 0.15) is 46.7 Å². The number of amides is 2. The molecule has 1 aromatic carbocycles. The average molecular weight is 368 g/mol. The summed E-state index contributed by atoms with van der Waals surface area (Å²) in [6, 6.07) is 5.78. The van der Waals surface area contributed by atoms with E-state index in [1.54, 1.807) is 28.9 Å². The Morgan fingerprint density at radius 2 is 2.07 bits per heavy atom. The summed E-state index contributed by atoms with van der Waals surface area (Å²) in [5.74, 6) is 0.325. The second-order valence-electron chi connectivity index (χ2n) is 7.14. The minimum atomic E-state index is -0.408. The standard InChI is InChI=1S/C20H21FN4O2/c1-13(26)24-8-6-18-16(12-24)10-22-19(23-18)15-5-7-25(11-15)20(27)14-3-2-4-17(21)9-14/h2-4,9-10,15H,5-8,11-12H2,1H3. The first-order valence-electron chi connectivity index (χ1n) is 9.16. The SMILES string of the molecule is CC(=O)N1CCc2nc(C3CCN(C(=O)c4cccc(F)c4)C3)ncc2C1. The maximum Gasteiger partial charge on any atom is 0.253 e. The quantitative estimate of drug-likeness (QED) is 0.815. The van der Waals surface area contributed by atoms with Crippen LogP contribution in [0.2, 0.25) is 0 Å². The summed E-state index contributed by atoms with van der Waals surface area (Å²) >= 11 is 0. The van der Waals surface area contributed by atoms with Gasteiger partial charge in [0.25, 0.3) is 5.91 Å². The molecule has 3 heterocycles. The van der Waals surface area contributed by atoms with Crippen molar-refractivity contribution in [1.82, 2.24) is 19.8 Å². The lowest BCUT2D eigenvalue weighted by Gasteiger charge is -2.27. The van der Waals surface area contributed by atoms with Crippen LogP contribution in [0.25, 0.3) is 0 Å². The lowest BCUT2D eigenvalue weighted by molar-refractivity contribution is -0.129. The van der Waals surface area contributed by atoms with Crippen LogP contribution >= 0.6 is 0 Å². The van der Waals surface area contributed by atoms with Gasteiger partial charge in [-0.1, -0.05) is 6.07 Å². The molecule has 2 aliphatic rings. The number of aromatic nitrogens is 2. The highest BCUT2D eigenvalue weighted by atomic mass is 19.1. The Kier molecular flexibility index (Phi) is 4.59. The van der Waals surface area contributed by atoms with E-state index in [0.29, 0.717) is 31.7 Å². The van der Waals surface area contributed by atoms with Gasteiger partial charge in [0, 0.05) is 62.8 Å². The molecule has 1 unspecified atom stereocenters. The zero-order valence-electron chi connectivity index (χ0n) is 15.2. The van der Waals surface area contributed by atoms with Gasteiger partial charge in [-0.2, -0.15) is 0 Å². The molecule has 2 aliphatic heterocycles. The third-order valence-electron chi connectivity index (χ3n) is 5.31. The van der Waals surface area contributed by atoms with E-state index in [9.17, 15) is 14.0 Å². The fraction of sp³-hybridized carbons (Fsp3) is 0.400. The summed E-state index contributed by atoms with van der Waals surface area (Å²) in [4.78, 5) is 36.9. The summed E-state index contributed by atoms with van der Waals surface area (Å²) < 4.78 is 13.4. The summed E-state index contributed by atoms with van der Waals surface area (Å²) in [6.07, 6.45) is 3.33. The van der Waals surface area contributed by atoms with Gasteiger partial charge in [-0.15, -0.1) is 0 Å². The maximum absolute atomic E-state index is 13.4. The van der Waals surface area contributed by atoms with Crippen LogP contribution in [0.5, 0.6) is 0 Å². The molecule has 0 spiro atoms. The van der Waals surface area contributed by atoms with Crippen molar-refractivity contribution in [3.8, 4) is 0 Å². The number of nitrogens with zero attached hydrogens (tertiary/aromatic N) is 4. The molecule has 1 aromatic heterocycles. The van der Waals surface area contributed by atoms with Crippen molar-refractivity contribution in [1.29, 1.82) is 0 Å². The average Bonchev–Trinajstić information content (AvgIpc) is 3.16. The Morgan fingerprint density at radius 3 is 2.85 bits per heavy atom. The van der Waals surface area contributed by atoms with Crippen molar-refractivity contribution in [2.24, 2.45) is 0 Å². The van der Waals surface area contributed by atoms with Gasteiger partial charge in [0.2, 0.25) is 5.91 Å². The fourth-order valence-corrected chi connectivity index (χ4v) is 3.76. The molecule has 1 fully saturated rings. The molecule has 27 heavy (non-hydrogen) atoms. The minimum Gasteiger partial charge on any atom is -0.338 e. The number of fused-ring (bicyclic) bond motifs is 1. The van der Waals surface area contributed by atoms with Crippen LogP contribution < -0.4 is 0 Å². The number of benzene rings is 1. The molecule has 1 saturated heterocycles. The normalized spacial score (nSPS) is 19.1. The smallest absolute Gasteiger partial charge is 0.253 e. The summed E-state index contributed by atoms with van der Waals surface area (Å²) in [5, 5.41) is 0. The molecule has 0 saturated carbocycles. The third-order valence-corrected chi connectivity index (χ3v) is 5.31. The molecule has 0 N–H and O–H groups in total. The Balaban J connectivity index is 1.46. The number of carbonyl (C=O) groups is 2. The van der Waals surface area contributed by atoms with Gasteiger partial charge in [0.05, 0.1) is 5.69 Å². The number of carbonyl (C=O) groups excluding carboxylic acids is 2. The lowest BCUT2D eigenvalue weighted by Crippen LogP contribution is -2.35. The maximum atomic E-state index is 13.4. The van der Waals surface area contributed by atoms with Gasteiger partial charge in [0.1, 0.15) is 11.6 Å². The van der Waals surface area contributed by atoms with Crippen LogP contribution in [-0.2, 0) is 17.8 Å². The van der Waals surface area contributed by atoms with E-state index >= 15 is 0 Å². The monoisotopic (exact) mass is 368 g/mol. The molecule has 2 aromatic rings. The molecule has 140 valence electrons. The first-order valence-corrected chi connectivity index (χ1v) is 9.16. The Bertz CT molecular complexity index is 901. The van der Waals surface area contributed by atoms with Crippen molar-refractivity contribution in [3.63, 3.8) is 0 Å². The lowest BCUT2D eigenvalue weighted by atomic mass is 10.0. The van der Waals surface area contributed by atoms with E-state index in [4.69, 9.17) is 4.98 Å². The molecule has 2 amide bonds. The molecule has 0 radical (unpaired) electrons. The van der Waals surface area contributed by atoms with Gasteiger partial charge < -0.3 is 9.80 Å². The Labute approximate surface area is 157 Å². The van der Waals surface area contributed by atoms with E-state index < -0.39 is 5.82 Å². The van der Waals surface area contributed by atoms with Crippen LogP contribution in [0, 0.1) is 5.82 Å². The molecular weight excluding hydrogens is 347 g/mol. The van der Waals surface area contributed by atoms with Crippen LogP contribution in [0.3, 0.4) is 0 Å². The molecule has 4 rings (SSSR count).